The Kier molecular flexibility index (Phi) is 2.57. The molecule has 0 aromatic carbocycles. The van der Waals surface area contributed by atoms with Crippen molar-refractivity contribution in [3.8, 4) is 0 Å². The Labute approximate surface area is 60.3 Å². The zero-order chi connectivity index (χ0) is 8.36. The smallest absolute Gasteiger partial charge is 0.267 e. The van der Waals surface area contributed by atoms with Crippen LogP contribution in [-0.4, -0.2) is 16.6 Å². The summed E-state index contributed by atoms with van der Waals surface area (Å²) >= 11 is 0. The van der Waals surface area contributed by atoms with Crippen LogP contribution in [0.1, 0.15) is 20.8 Å². The zero-order valence-electron chi connectivity index (χ0n) is 6.52. The summed E-state index contributed by atoms with van der Waals surface area (Å²) in [5.41, 5.74) is -0.773. The van der Waals surface area contributed by atoms with Gasteiger partial charge in [0.05, 0.1) is 5.54 Å². The number of rotatable bonds is 1. The van der Waals surface area contributed by atoms with Crippen LogP contribution < -0.4 is 0 Å². The van der Waals surface area contributed by atoms with E-state index in [0.717, 1.165) is 6.08 Å². The lowest BCUT2D eigenvalue weighted by Crippen LogP contribution is -2.38. The molecule has 0 aromatic heterocycles. The van der Waals surface area contributed by atoms with E-state index in [1.54, 1.807) is 20.8 Å². The van der Waals surface area contributed by atoms with E-state index in [9.17, 15) is 9.28 Å². The Hall–Kier alpha value is -0.860. The van der Waals surface area contributed by atoms with Gasteiger partial charge in [-0.15, -0.1) is 0 Å². The third-order valence-electron chi connectivity index (χ3n) is 0.957. The van der Waals surface area contributed by atoms with E-state index in [-0.39, 0.29) is 5.12 Å². The van der Waals surface area contributed by atoms with Crippen LogP contribution in [0.2, 0.25) is 0 Å². The maximum absolute atomic E-state index is 12.7. The average Bonchev–Trinajstić information content (AvgIpc) is 1.83. The molecule has 0 saturated carbocycles. The van der Waals surface area contributed by atoms with Gasteiger partial charge in [0.25, 0.3) is 5.91 Å². The Bertz CT molecular complexity index is 148. The van der Waals surface area contributed by atoms with Gasteiger partial charge in [0.1, 0.15) is 0 Å². The number of hydrogen-bond donors (Lipinski definition) is 0. The van der Waals surface area contributed by atoms with Crippen molar-refractivity contribution in [2.24, 2.45) is 0 Å². The number of amides is 1. The average molecular weight is 145 g/mol. The minimum absolute atomic E-state index is 0.153. The highest BCUT2D eigenvalue weighted by Crippen LogP contribution is 2.13. The summed E-state index contributed by atoms with van der Waals surface area (Å²) in [5.74, 6) is -0.701. The number of hydrogen-bond acceptors (Lipinski definition) is 1. The second-order valence-corrected chi connectivity index (χ2v) is 2.99. The first-order chi connectivity index (χ1) is 4.39. The lowest BCUT2D eigenvalue weighted by Gasteiger charge is -2.25. The molecule has 0 aromatic rings. The van der Waals surface area contributed by atoms with E-state index < -0.39 is 11.4 Å². The van der Waals surface area contributed by atoms with Crippen molar-refractivity contribution < 1.29 is 9.28 Å². The van der Waals surface area contributed by atoms with Crippen LogP contribution in [-0.2, 0) is 4.79 Å². The molecule has 1 amide bonds. The number of halogens is 1. The molecule has 10 heavy (non-hydrogen) atoms. The molecular weight excluding hydrogens is 133 g/mol. The fraction of sp³-hybridized carbons (Fsp3) is 0.571. The Morgan fingerprint density at radius 3 is 2.10 bits per heavy atom. The molecule has 0 N–H and O–H groups in total. The third-order valence-corrected chi connectivity index (χ3v) is 0.957. The molecule has 0 spiro atoms. The molecule has 58 valence electrons. The molecular formula is C7H12FNO. The standard InChI is InChI=1S/C7H12FNO/c1-5-6(10)9(8)7(2,3)4/h5H,1H2,2-4H3. The van der Waals surface area contributed by atoms with Crippen molar-refractivity contribution in [2.45, 2.75) is 26.3 Å². The Balaban J connectivity index is 4.21. The predicted molar refractivity (Wildman–Crippen MR) is 37.9 cm³/mol. The van der Waals surface area contributed by atoms with Crippen LogP contribution in [0.25, 0.3) is 0 Å². The molecule has 0 aliphatic heterocycles. The van der Waals surface area contributed by atoms with Crippen molar-refractivity contribution in [1.29, 1.82) is 0 Å². The lowest BCUT2D eigenvalue weighted by atomic mass is 10.1. The molecule has 2 nitrogen and oxygen atoms in total. The SMILES string of the molecule is C=CC(=O)N(F)C(C)(C)C. The summed E-state index contributed by atoms with van der Waals surface area (Å²) in [6.45, 7) is 7.98. The van der Waals surface area contributed by atoms with E-state index in [1.165, 1.54) is 0 Å². The molecule has 0 fully saturated rings. The van der Waals surface area contributed by atoms with E-state index in [2.05, 4.69) is 6.58 Å². The van der Waals surface area contributed by atoms with Gasteiger partial charge in [-0.25, -0.2) is 0 Å². The molecule has 0 radical (unpaired) electrons. The van der Waals surface area contributed by atoms with Gasteiger partial charge in [0, 0.05) is 0 Å². The van der Waals surface area contributed by atoms with Gasteiger partial charge >= 0.3 is 0 Å². The molecule has 0 atom stereocenters. The van der Waals surface area contributed by atoms with Gasteiger partial charge < -0.3 is 0 Å². The van der Waals surface area contributed by atoms with Crippen molar-refractivity contribution in [2.75, 3.05) is 0 Å². The van der Waals surface area contributed by atoms with Gasteiger partial charge in [0.2, 0.25) is 0 Å². The molecule has 0 aliphatic carbocycles. The van der Waals surface area contributed by atoms with Crippen LogP contribution in [0.4, 0.5) is 4.48 Å². The topological polar surface area (TPSA) is 20.3 Å². The fourth-order valence-corrected chi connectivity index (χ4v) is 0.411. The molecule has 0 bridgehead atoms. The van der Waals surface area contributed by atoms with E-state index in [0.29, 0.717) is 0 Å². The third kappa shape index (κ3) is 2.17. The van der Waals surface area contributed by atoms with Crippen molar-refractivity contribution in [3.63, 3.8) is 0 Å². The molecule has 0 unspecified atom stereocenters. The first kappa shape index (κ1) is 9.14. The highest BCUT2D eigenvalue weighted by Gasteiger charge is 2.24. The summed E-state index contributed by atoms with van der Waals surface area (Å²) in [6, 6.07) is 0. The number of nitrogens with zero attached hydrogens (tertiary/aromatic N) is 1. The van der Waals surface area contributed by atoms with E-state index in [1.807, 2.05) is 0 Å². The normalized spacial score (nSPS) is 10.8. The van der Waals surface area contributed by atoms with Crippen molar-refractivity contribution in [1.82, 2.24) is 5.12 Å². The molecule has 0 aliphatic rings. The second kappa shape index (κ2) is 2.82. The second-order valence-electron chi connectivity index (χ2n) is 2.99. The summed E-state index contributed by atoms with van der Waals surface area (Å²) in [7, 11) is 0. The van der Waals surface area contributed by atoms with E-state index >= 15 is 0 Å². The van der Waals surface area contributed by atoms with Gasteiger partial charge in [-0.1, -0.05) is 11.1 Å². The largest absolute Gasteiger partial charge is 0.274 e. The Morgan fingerprint density at radius 2 is 2.00 bits per heavy atom. The summed E-state index contributed by atoms with van der Waals surface area (Å²) in [6.07, 6.45) is 0.950. The summed E-state index contributed by atoms with van der Waals surface area (Å²) in [5, 5.41) is 0.153. The van der Waals surface area contributed by atoms with Crippen LogP contribution in [0.15, 0.2) is 12.7 Å². The first-order valence-corrected chi connectivity index (χ1v) is 3.02. The maximum atomic E-state index is 12.7. The predicted octanol–water partition coefficient (Wildman–Crippen LogP) is 1.68. The van der Waals surface area contributed by atoms with Crippen molar-refractivity contribution >= 4 is 5.91 Å². The van der Waals surface area contributed by atoms with Gasteiger partial charge in [-0.3, -0.25) is 4.79 Å². The zero-order valence-corrected chi connectivity index (χ0v) is 6.52. The van der Waals surface area contributed by atoms with E-state index in [4.69, 9.17) is 0 Å². The van der Waals surface area contributed by atoms with Crippen LogP contribution in [0, 0.1) is 0 Å². The maximum Gasteiger partial charge on any atom is 0.274 e. The molecule has 0 saturated heterocycles. The minimum atomic E-state index is -0.773. The minimum Gasteiger partial charge on any atom is -0.267 e. The fourth-order valence-electron chi connectivity index (χ4n) is 0.411. The Morgan fingerprint density at radius 1 is 1.60 bits per heavy atom. The van der Waals surface area contributed by atoms with Crippen LogP contribution in [0.5, 0.6) is 0 Å². The summed E-state index contributed by atoms with van der Waals surface area (Å²) in [4.78, 5) is 10.6. The first-order valence-electron chi connectivity index (χ1n) is 3.02. The number of carbonyl (C=O) groups excluding carboxylic acids is 1. The molecule has 0 heterocycles. The van der Waals surface area contributed by atoms with Crippen molar-refractivity contribution in [3.05, 3.63) is 12.7 Å². The molecule has 0 rings (SSSR count). The molecule has 3 heteroatoms. The van der Waals surface area contributed by atoms with Gasteiger partial charge in [-0.05, 0) is 26.8 Å². The van der Waals surface area contributed by atoms with Crippen LogP contribution >= 0.6 is 0 Å². The van der Waals surface area contributed by atoms with Gasteiger partial charge in [0.15, 0.2) is 0 Å². The van der Waals surface area contributed by atoms with Gasteiger partial charge in [-0.2, -0.15) is 5.12 Å². The summed E-state index contributed by atoms with van der Waals surface area (Å²) < 4.78 is 12.7. The highest BCUT2D eigenvalue weighted by atomic mass is 19.2. The number of carbonyl (C=O) groups is 1. The van der Waals surface area contributed by atoms with Crippen LogP contribution in [0.3, 0.4) is 0 Å². The highest BCUT2D eigenvalue weighted by molar-refractivity contribution is 5.86. The monoisotopic (exact) mass is 145 g/mol. The quantitative estimate of drug-likeness (QED) is 0.406. The lowest BCUT2D eigenvalue weighted by molar-refractivity contribution is -0.152.